The number of rotatable bonds is 3. The Morgan fingerprint density at radius 2 is 1.89 bits per heavy atom. The Morgan fingerprint density at radius 3 is 2.47 bits per heavy atom. The van der Waals surface area contributed by atoms with Crippen molar-refractivity contribution in [3.63, 3.8) is 0 Å². The van der Waals surface area contributed by atoms with E-state index in [1.165, 1.54) is 12.1 Å². The van der Waals surface area contributed by atoms with Crippen molar-refractivity contribution in [3.8, 4) is 0 Å². The summed E-state index contributed by atoms with van der Waals surface area (Å²) in [5, 5.41) is 6.01. The van der Waals surface area contributed by atoms with Crippen LogP contribution in [0.4, 0.5) is 0 Å². The van der Waals surface area contributed by atoms with Gasteiger partial charge < -0.3 is 4.90 Å². The molecule has 0 aliphatic heterocycles. The highest BCUT2D eigenvalue weighted by molar-refractivity contribution is 5.92. The van der Waals surface area contributed by atoms with Crippen LogP contribution in [0.2, 0.25) is 0 Å². The van der Waals surface area contributed by atoms with Gasteiger partial charge in [-0.1, -0.05) is 30.3 Å². The van der Waals surface area contributed by atoms with Crippen LogP contribution in [0.25, 0.3) is 0 Å². The zero-order valence-corrected chi connectivity index (χ0v) is 10.8. The van der Waals surface area contributed by atoms with Crippen molar-refractivity contribution >= 4 is 5.91 Å². The zero-order valence-electron chi connectivity index (χ0n) is 10.8. The van der Waals surface area contributed by atoms with Crippen molar-refractivity contribution < 1.29 is 4.79 Å². The molecule has 1 aromatic carbocycles. The normalized spacial score (nSPS) is 11.9. The van der Waals surface area contributed by atoms with Crippen LogP contribution in [0.5, 0.6) is 0 Å². The first-order valence-electron chi connectivity index (χ1n) is 5.97. The van der Waals surface area contributed by atoms with Gasteiger partial charge >= 0.3 is 0 Å². The lowest BCUT2D eigenvalue weighted by Crippen LogP contribution is -2.31. The maximum atomic E-state index is 12.2. The van der Waals surface area contributed by atoms with Crippen LogP contribution in [0, 0.1) is 0 Å². The maximum Gasteiger partial charge on any atom is 0.274 e. The number of hydrogen-bond donors (Lipinski definition) is 1. The molecule has 0 fully saturated rings. The van der Waals surface area contributed by atoms with E-state index in [1.807, 2.05) is 37.3 Å². The summed E-state index contributed by atoms with van der Waals surface area (Å²) < 4.78 is 0. The molecule has 1 unspecified atom stereocenters. The number of carbonyl (C=O) groups is 1. The molecule has 2 aromatic rings. The molecule has 1 aromatic heterocycles. The third kappa shape index (κ3) is 2.88. The molecule has 0 aliphatic rings. The van der Waals surface area contributed by atoms with Gasteiger partial charge in [0.2, 0.25) is 0 Å². The fourth-order valence-electron chi connectivity index (χ4n) is 1.78. The molecule has 5 heteroatoms. The van der Waals surface area contributed by atoms with E-state index in [0.29, 0.717) is 0 Å². The lowest BCUT2D eigenvalue weighted by Gasteiger charge is -2.24. The van der Waals surface area contributed by atoms with Crippen LogP contribution >= 0.6 is 0 Å². The quantitative estimate of drug-likeness (QED) is 0.908. The van der Waals surface area contributed by atoms with Crippen molar-refractivity contribution in [1.82, 2.24) is 15.1 Å². The SMILES string of the molecule is CC(c1ccccc1)N(C)C(=O)c1ccc(=O)[nH]n1. The highest BCUT2D eigenvalue weighted by atomic mass is 16.2. The highest BCUT2D eigenvalue weighted by Gasteiger charge is 2.19. The van der Waals surface area contributed by atoms with Gasteiger partial charge in [0.15, 0.2) is 0 Å². The van der Waals surface area contributed by atoms with E-state index in [9.17, 15) is 9.59 Å². The first kappa shape index (κ1) is 13.0. The van der Waals surface area contributed by atoms with Gasteiger partial charge in [-0.05, 0) is 18.6 Å². The smallest absolute Gasteiger partial charge is 0.274 e. The molecule has 0 bridgehead atoms. The first-order valence-corrected chi connectivity index (χ1v) is 5.97. The Morgan fingerprint density at radius 1 is 1.21 bits per heavy atom. The van der Waals surface area contributed by atoms with E-state index >= 15 is 0 Å². The molecule has 1 amide bonds. The van der Waals surface area contributed by atoms with Gasteiger partial charge in [0.25, 0.3) is 11.5 Å². The van der Waals surface area contributed by atoms with Crippen LogP contribution in [0.15, 0.2) is 47.3 Å². The van der Waals surface area contributed by atoms with Gasteiger partial charge in [0, 0.05) is 13.1 Å². The average molecular weight is 257 g/mol. The van der Waals surface area contributed by atoms with Gasteiger partial charge in [0.05, 0.1) is 6.04 Å². The summed E-state index contributed by atoms with van der Waals surface area (Å²) in [7, 11) is 1.72. The highest BCUT2D eigenvalue weighted by Crippen LogP contribution is 2.19. The van der Waals surface area contributed by atoms with Crippen LogP contribution < -0.4 is 5.56 Å². The van der Waals surface area contributed by atoms with E-state index in [-0.39, 0.29) is 23.2 Å². The Kier molecular flexibility index (Phi) is 3.75. The van der Waals surface area contributed by atoms with Crippen molar-refractivity contribution in [2.24, 2.45) is 0 Å². The molecule has 1 heterocycles. The van der Waals surface area contributed by atoms with Gasteiger partial charge in [0.1, 0.15) is 5.69 Å². The van der Waals surface area contributed by atoms with E-state index in [2.05, 4.69) is 10.2 Å². The minimum atomic E-state index is -0.324. The predicted octanol–water partition coefficient (Wildman–Crippen LogP) is 1.60. The number of nitrogens with one attached hydrogen (secondary N) is 1. The third-order valence-electron chi connectivity index (χ3n) is 3.08. The molecule has 1 N–H and O–H groups in total. The van der Waals surface area contributed by atoms with Crippen LogP contribution in [0.3, 0.4) is 0 Å². The van der Waals surface area contributed by atoms with Crippen molar-refractivity contribution in [2.45, 2.75) is 13.0 Å². The fraction of sp³-hybridized carbons (Fsp3) is 0.214. The Balaban J connectivity index is 2.19. The summed E-state index contributed by atoms with van der Waals surface area (Å²) in [6.45, 7) is 1.94. The van der Waals surface area contributed by atoms with Crippen molar-refractivity contribution in [3.05, 3.63) is 64.1 Å². The molecule has 0 saturated carbocycles. The van der Waals surface area contributed by atoms with Crippen LogP contribution in [-0.4, -0.2) is 28.1 Å². The molecule has 5 nitrogen and oxygen atoms in total. The molecule has 0 saturated heterocycles. The summed E-state index contributed by atoms with van der Waals surface area (Å²) in [6.07, 6.45) is 0. The molecule has 0 spiro atoms. The number of carbonyl (C=O) groups excluding carboxylic acids is 1. The second-order valence-electron chi connectivity index (χ2n) is 4.31. The molecule has 1 atom stereocenters. The largest absolute Gasteiger partial charge is 0.334 e. The monoisotopic (exact) mass is 257 g/mol. The van der Waals surface area contributed by atoms with Gasteiger partial charge in [-0.2, -0.15) is 5.10 Å². The number of aromatic amines is 1. The molecular formula is C14H15N3O2. The predicted molar refractivity (Wildman–Crippen MR) is 71.8 cm³/mol. The number of hydrogen-bond acceptors (Lipinski definition) is 3. The Bertz CT molecular complexity index is 602. The van der Waals surface area contributed by atoms with E-state index in [0.717, 1.165) is 5.56 Å². The first-order chi connectivity index (χ1) is 9.09. The molecule has 0 aliphatic carbocycles. The maximum absolute atomic E-state index is 12.2. The molecular weight excluding hydrogens is 242 g/mol. The fourth-order valence-corrected chi connectivity index (χ4v) is 1.78. The van der Waals surface area contributed by atoms with Crippen LogP contribution in [0.1, 0.15) is 29.0 Å². The summed E-state index contributed by atoms with van der Waals surface area (Å²) in [6, 6.07) is 12.4. The average Bonchev–Trinajstić information content (AvgIpc) is 2.46. The number of aromatic nitrogens is 2. The van der Waals surface area contributed by atoms with Crippen molar-refractivity contribution in [1.29, 1.82) is 0 Å². The van der Waals surface area contributed by atoms with E-state index in [1.54, 1.807) is 11.9 Å². The van der Waals surface area contributed by atoms with E-state index in [4.69, 9.17) is 0 Å². The minimum Gasteiger partial charge on any atom is -0.334 e. The summed E-state index contributed by atoms with van der Waals surface area (Å²) >= 11 is 0. The van der Waals surface area contributed by atoms with Crippen LogP contribution in [-0.2, 0) is 0 Å². The number of H-pyrrole nitrogens is 1. The second-order valence-corrected chi connectivity index (χ2v) is 4.31. The third-order valence-corrected chi connectivity index (χ3v) is 3.08. The lowest BCUT2D eigenvalue weighted by molar-refractivity contribution is 0.0735. The number of benzene rings is 1. The number of nitrogens with zero attached hydrogens (tertiary/aromatic N) is 2. The zero-order chi connectivity index (χ0) is 13.8. The van der Waals surface area contributed by atoms with Gasteiger partial charge in [-0.25, -0.2) is 5.10 Å². The summed E-state index contributed by atoms with van der Waals surface area (Å²) in [5.41, 5.74) is 0.947. The molecule has 98 valence electrons. The second kappa shape index (κ2) is 5.48. The number of amides is 1. The minimum absolute atomic E-state index is 0.0672. The van der Waals surface area contributed by atoms with Gasteiger partial charge in [-0.15, -0.1) is 0 Å². The molecule has 2 rings (SSSR count). The summed E-state index contributed by atoms with van der Waals surface area (Å²) in [4.78, 5) is 24.7. The molecule has 19 heavy (non-hydrogen) atoms. The van der Waals surface area contributed by atoms with Gasteiger partial charge in [-0.3, -0.25) is 9.59 Å². The standard InChI is InChI=1S/C14H15N3O2/c1-10(11-6-4-3-5-7-11)17(2)14(19)12-8-9-13(18)16-15-12/h3-10H,1-2H3,(H,16,18). The Hall–Kier alpha value is -2.43. The van der Waals surface area contributed by atoms with E-state index < -0.39 is 0 Å². The summed E-state index contributed by atoms with van der Waals surface area (Å²) in [5.74, 6) is -0.229. The topological polar surface area (TPSA) is 66.1 Å². The Labute approximate surface area is 110 Å². The molecule has 0 radical (unpaired) electrons. The van der Waals surface area contributed by atoms with Crippen molar-refractivity contribution in [2.75, 3.05) is 7.05 Å². The lowest BCUT2D eigenvalue weighted by atomic mass is 10.1.